The summed E-state index contributed by atoms with van der Waals surface area (Å²) in [6, 6.07) is 0. The van der Waals surface area contributed by atoms with Crippen molar-refractivity contribution in [2.24, 2.45) is 4.99 Å². The molecule has 0 aromatic heterocycles. The minimum Gasteiger partial charge on any atom is -0.385 e. The first kappa shape index (κ1) is 22.1. The van der Waals surface area contributed by atoms with Crippen LogP contribution in [0.25, 0.3) is 0 Å². The number of ether oxygens (including phenoxy) is 1. The van der Waals surface area contributed by atoms with Crippen LogP contribution in [-0.4, -0.2) is 83.8 Å². The minimum absolute atomic E-state index is 0.227. The van der Waals surface area contributed by atoms with E-state index in [4.69, 9.17) is 4.74 Å². The van der Waals surface area contributed by atoms with E-state index < -0.39 is 14.6 Å². The summed E-state index contributed by atoms with van der Waals surface area (Å²) in [5, 5.41) is 6.38. The molecule has 0 radical (unpaired) electrons. The summed E-state index contributed by atoms with van der Waals surface area (Å²) in [4.78, 5) is 6.62. The molecule has 0 aromatic rings. The van der Waals surface area contributed by atoms with E-state index in [0.717, 1.165) is 39.2 Å². The third-order valence-electron chi connectivity index (χ3n) is 3.64. The molecule has 138 valence electrons. The van der Waals surface area contributed by atoms with Crippen LogP contribution in [0.2, 0.25) is 0 Å². The largest absolute Gasteiger partial charge is 0.385 e. The summed E-state index contributed by atoms with van der Waals surface area (Å²) in [6.45, 7) is 9.69. The van der Waals surface area contributed by atoms with Gasteiger partial charge in [0.15, 0.2) is 15.8 Å². The van der Waals surface area contributed by atoms with E-state index >= 15 is 0 Å². The molecule has 23 heavy (non-hydrogen) atoms. The zero-order chi connectivity index (χ0) is 17.9. The van der Waals surface area contributed by atoms with Crippen molar-refractivity contribution in [3.8, 4) is 0 Å². The van der Waals surface area contributed by atoms with Crippen molar-refractivity contribution >= 4 is 15.8 Å². The molecule has 0 aliphatic carbocycles. The zero-order valence-corrected chi connectivity index (χ0v) is 16.3. The number of likely N-dealkylation sites (N-methyl/N-ethyl adjacent to an activating group) is 1. The van der Waals surface area contributed by atoms with Gasteiger partial charge in [-0.3, -0.25) is 4.99 Å². The lowest BCUT2D eigenvalue weighted by atomic mass is 10.2. The van der Waals surface area contributed by atoms with E-state index in [2.05, 4.69) is 27.6 Å². The van der Waals surface area contributed by atoms with Crippen molar-refractivity contribution in [1.82, 2.24) is 15.5 Å². The number of nitrogens with zero attached hydrogens (tertiary/aromatic N) is 2. The first-order valence-electron chi connectivity index (χ1n) is 8.03. The second-order valence-corrected chi connectivity index (χ2v) is 8.95. The van der Waals surface area contributed by atoms with Crippen LogP contribution < -0.4 is 10.6 Å². The van der Waals surface area contributed by atoms with Crippen molar-refractivity contribution in [3.05, 3.63) is 0 Å². The second-order valence-electron chi connectivity index (χ2n) is 6.30. The third kappa shape index (κ3) is 9.78. The zero-order valence-electron chi connectivity index (χ0n) is 15.5. The molecule has 0 rings (SSSR count). The van der Waals surface area contributed by atoms with E-state index in [9.17, 15) is 8.42 Å². The van der Waals surface area contributed by atoms with E-state index in [0.29, 0.717) is 5.96 Å². The molecule has 0 atom stereocenters. The molecule has 0 aliphatic heterocycles. The van der Waals surface area contributed by atoms with Crippen molar-refractivity contribution in [3.63, 3.8) is 0 Å². The standard InChI is InChI=1S/C15H34N4O3S/c1-7-16-14(18-13-15(2,3)23(6,20)21)17-9-11-19(4)10-8-12-22-5/h7-13H2,1-6H3,(H2,16,17,18). The Morgan fingerprint density at radius 1 is 1.26 bits per heavy atom. The van der Waals surface area contributed by atoms with E-state index in [1.165, 1.54) is 6.26 Å². The molecule has 0 fully saturated rings. The third-order valence-corrected chi connectivity index (χ3v) is 5.78. The SMILES string of the molecule is CCNC(=NCC(C)(C)S(C)(=O)=O)NCCN(C)CCCOC. The fourth-order valence-corrected chi connectivity index (χ4v) is 1.98. The molecule has 8 heteroatoms. The lowest BCUT2D eigenvalue weighted by Gasteiger charge is -2.21. The molecule has 0 amide bonds. The predicted molar refractivity (Wildman–Crippen MR) is 96.9 cm³/mol. The van der Waals surface area contributed by atoms with Crippen LogP contribution >= 0.6 is 0 Å². The van der Waals surface area contributed by atoms with Crippen molar-refractivity contribution in [1.29, 1.82) is 0 Å². The summed E-state index contributed by atoms with van der Waals surface area (Å²) in [5.41, 5.74) is 0. The first-order valence-corrected chi connectivity index (χ1v) is 9.92. The van der Waals surface area contributed by atoms with E-state index in [1.54, 1.807) is 21.0 Å². The van der Waals surface area contributed by atoms with Gasteiger partial charge in [-0.15, -0.1) is 0 Å². The predicted octanol–water partition coefficient (Wildman–Crippen LogP) is 0.333. The number of nitrogens with one attached hydrogen (secondary N) is 2. The number of hydrogen-bond donors (Lipinski definition) is 2. The Bertz CT molecular complexity index is 450. The maximum Gasteiger partial charge on any atom is 0.191 e. The molecule has 0 saturated heterocycles. The Morgan fingerprint density at radius 2 is 1.91 bits per heavy atom. The highest BCUT2D eigenvalue weighted by atomic mass is 32.2. The number of rotatable bonds is 11. The average molecular weight is 351 g/mol. The molecule has 0 spiro atoms. The lowest BCUT2D eigenvalue weighted by molar-refractivity contribution is 0.180. The lowest BCUT2D eigenvalue weighted by Crippen LogP contribution is -2.43. The quantitative estimate of drug-likeness (QED) is 0.317. The summed E-state index contributed by atoms with van der Waals surface area (Å²) in [6.07, 6.45) is 2.25. The number of sulfone groups is 1. The van der Waals surface area contributed by atoms with Gasteiger partial charge in [-0.05, 0) is 34.2 Å². The van der Waals surface area contributed by atoms with Gasteiger partial charge < -0.3 is 20.3 Å². The van der Waals surface area contributed by atoms with E-state index in [1.807, 2.05) is 6.92 Å². The summed E-state index contributed by atoms with van der Waals surface area (Å²) in [7, 11) is 0.628. The molecule has 7 nitrogen and oxygen atoms in total. The summed E-state index contributed by atoms with van der Waals surface area (Å²) >= 11 is 0. The van der Waals surface area contributed by atoms with Crippen LogP contribution in [0, 0.1) is 0 Å². The molecule has 2 N–H and O–H groups in total. The van der Waals surface area contributed by atoms with E-state index in [-0.39, 0.29) is 6.54 Å². The fourth-order valence-electron chi connectivity index (χ4n) is 1.68. The van der Waals surface area contributed by atoms with Crippen molar-refractivity contribution < 1.29 is 13.2 Å². The van der Waals surface area contributed by atoms with Gasteiger partial charge in [-0.25, -0.2) is 8.42 Å². The average Bonchev–Trinajstić information content (AvgIpc) is 2.44. The molecular formula is C15H34N4O3S. The van der Waals surface area contributed by atoms with Crippen LogP contribution in [0.5, 0.6) is 0 Å². The summed E-state index contributed by atoms with van der Waals surface area (Å²) in [5.74, 6) is 0.648. The summed E-state index contributed by atoms with van der Waals surface area (Å²) < 4.78 is 27.6. The van der Waals surface area contributed by atoms with Crippen LogP contribution in [0.3, 0.4) is 0 Å². The Balaban J connectivity index is 4.38. The Kier molecular flexibility index (Phi) is 10.4. The Hall–Kier alpha value is -0.860. The topological polar surface area (TPSA) is 83.0 Å². The van der Waals surface area contributed by atoms with Crippen molar-refractivity contribution in [2.75, 3.05) is 59.7 Å². The highest BCUT2D eigenvalue weighted by molar-refractivity contribution is 7.92. The molecule has 0 saturated carbocycles. The number of methoxy groups -OCH3 is 1. The maximum absolute atomic E-state index is 11.7. The van der Waals surface area contributed by atoms with Crippen LogP contribution in [-0.2, 0) is 14.6 Å². The van der Waals surface area contributed by atoms with Gasteiger partial charge in [0.2, 0.25) is 0 Å². The molecule has 0 unspecified atom stereocenters. The van der Waals surface area contributed by atoms with Crippen molar-refractivity contribution in [2.45, 2.75) is 31.9 Å². The number of hydrogen-bond acceptors (Lipinski definition) is 5. The van der Waals surface area contributed by atoms with Gasteiger partial charge >= 0.3 is 0 Å². The number of aliphatic imine (C=N–C) groups is 1. The first-order chi connectivity index (χ1) is 10.6. The molecule has 0 aromatic carbocycles. The van der Waals surface area contributed by atoms with Gasteiger partial charge in [-0.1, -0.05) is 0 Å². The minimum atomic E-state index is -3.14. The Labute approximate surface area is 141 Å². The molecular weight excluding hydrogens is 316 g/mol. The van der Waals surface area contributed by atoms with Crippen LogP contribution in [0.15, 0.2) is 4.99 Å². The molecule has 0 heterocycles. The van der Waals surface area contributed by atoms with Gasteiger partial charge in [0.1, 0.15) is 0 Å². The van der Waals surface area contributed by atoms with Gasteiger partial charge in [0.25, 0.3) is 0 Å². The molecule has 0 aliphatic rings. The fraction of sp³-hybridized carbons (Fsp3) is 0.933. The number of guanidine groups is 1. The highest BCUT2D eigenvalue weighted by Crippen LogP contribution is 2.14. The smallest absolute Gasteiger partial charge is 0.191 e. The molecule has 0 bridgehead atoms. The Morgan fingerprint density at radius 3 is 2.43 bits per heavy atom. The van der Waals surface area contributed by atoms with Crippen LogP contribution in [0.4, 0.5) is 0 Å². The van der Waals surface area contributed by atoms with Crippen LogP contribution in [0.1, 0.15) is 27.2 Å². The maximum atomic E-state index is 11.7. The highest BCUT2D eigenvalue weighted by Gasteiger charge is 2.29. The van der Waals surface area contributed by atoms with Gasteiger partial charge in [-0.2, -0.15) is 0 Å². The monoisotopic (exact) mass is 350 g/mol. The second kappa shape index (κ2) is 10.8. The van der Waals surface area contributed by atoms with Gasteiger partial charge in [0, 0.05) is 46.2 Å². The van der Waals surface area contributed by atoms with Gasteiger partial charge in [0.05, 0.1) is 11.3 Å². The normalized spacial score (nSPS) is 13.4.